The standard InChI is InChI=1S/C25H28N4O4S/c1-2-28(27-24(30)22-16-8-12-20-13-9-17-26-23(20)22)25(31)29(18-19-10-6-7-11-19)34(32,33)21-14-4-3-5-15-21/h3-5,8-9,12-17,19H,2,6-7,10-11,18H2,1H3,(H,27,30). The average molecular weight is 481 g/mol. The van der Waals surface area contributed by atoms with Crippen LogP contribution in [0.4, 0.5) is 4.79 Å². The first kappa shape index (κ1) is 23.7. The van der Waals surface area contributed by atoms with E-state index in [4.69, 9.17) is 0 Å². The van der Waals surface area contributed by atoms with Gasteiger partial charge in [0.15, 0.2) is 0 Å². The Morgan fingerprint density at radius 1 is 1.00 bits per heavy atom. The van der Waals surface area contributed by atoms with Crippen LogP contribution in [0.15, 0.2) is 71.8 Å². The number of para-hydroxylation sites is 1. The Kier molecular flexibility index (Phi) is 7.12. The molecule has 0 unspecified atom stereocenters. The van der Waals surface area contributed by atoms with E-state index in [0.717, 1.165) is 40.4 Å². The molecule has 34 heavy (non-hydrogen) atoms. The molecule has 1 aliphatic rings. The number of pyridine rings is 1. The molecule has 1 heterocycles. The fourth-order valence-electron chi connectivity index (χ4n) is 4.29. The Labute approximate surface area is 199 Å². The molecule has 1 aliphatic carbocycles. The van der Waals surface area contributed by atoms with E-state index in [1.54, 1.807) is 49.5 Å². The number of amides is 3. The Morgan fingerprint density at radius 2 is 1.71 bits per heavy atom. The predicted octanol–water partition coefficient (Wildman–Crippen LogP) is 4.20. The number of carbonyl (C=O) groups is 2. The molecule has 0 saturated heterocycles. The first-order chi connectivity index (χ1) is 16.4. The van der Waals surface area contributed by atoms with Crippen LogP contribution in [0.3, 0.4) is 0 Å². The number of hydrogen-bond donors (Lipinski definition) is 1. The summed E-state index contributed by atoms with van der Waals surface area (Å²) in [6.45, 7) is 1.86. The third-order valence-corrected chi connectivity index (χ3v) is 7.86. The number of fused-ring (bicyclic) bond motifs is 1. The number of nitrogens with one attached hydrogen (secondary N) is 1. The molecule has 1 N–H and O–H groups in total. The monoisotopic (exact) mass is 480 g/mol. The molecule has 0 atom stereocenters. The Morgan fingerprint density at radius 3 is 2.41 bits per heavy atom. The molecule has 1 saturated carbocycles. The molecular formula is C25H28N4O4S. The minimum absolute atomic E-state index is 0.0435. The second-order valence-electron chi connectivity index (χ2n) is 8.35. The summed E-state index contributed by atoms with van der Waals surface area (Å²) in [5.74, 6) is -0.434. The van der Waals surface area contributed by atoms with Crippen LogP contribution in [0.25, 0.3) is 10.9 Å². The van der Waals surface area contributed by atoms with Crippen LogP contribution in [0, 0.1) is 5.92 Å². The molecule has 9 heteroatoms. The molecule has 1 fully saturated rings. The molecule has 0 aliphatic heterocycles. The number of aromatic nitrogens is 1. The van der Waals surface area contributed by atoms with Crippen molar-refractivity contribution in [2.45, 2.75) is 37.5 Å². The molecule has 1 aromatic heterocycles. The number of benzene rings is 2. The Balaban J connectivity index is 1.63. The molecule has 3 amide bonds. The van der Waals surface area contributed by atoms with Gasteiger partial charge in [-0.3, -0.25) is 15.2 Å². The van der Waals surface area contributed by atoms with Gasteiger partial charge in [0.1, 0.15) is 0 Å². The number of urea groups is 1. The Hall–Kier alpha value is -3.46. The van der Waals surface area contributed by atoms with Crippen molar-refractivity contribution in [3.05, 3.63) is 72.4 Å². The van der Waals surface area contributed by atoms with Crippen molar-refractivity contribution < 1.29 is 18.0 Å². The van der Waals surface area contributed by atoms with Crippen molar-refractivity contribution in [3.63, 3.8) is 0 Å². The molecule has 0 spiro atoms. The van der Waals surface area contributed by atoms with Gasteiger partial charge in [-0.1, -0.05) is 49.2 Å². The number of rotatable bonds is 6. The zero-order valence-electron chi connectivity index (χ0n) is 19.1. The second kappa shape index (κ2) is 10.2. The van der Waals surface area contributed by atoms with Gasteiger partial charge in [-0.15, -0.1) is 0 Å². The number of sulfonamides is 1. The van der Waals surface area contributed by atoms with Gasteiger partial charge in [0.05, 0.1) is 16.0 Å². The van der Waals surface area contributed by atoms with Gasteiger partial charge in [0.2, 0.25) is 0 Å². The van der Waals surface area contributed by atoms with Crippen LogP contribution < -0.4 is 5.43 Å². The van der Waals surface area contributed by atoms with Crippen LogP contribution in [-0.4, -0.2) is 47.7 Å². The topological polar surface area (TPSA) is 99.7 Å². The quantitative estimate of drug-likeness (QED) is 0.533. The third kappa shape index (κ3) is 4.89. The van der Waals surface area contributed by atoms with E-state index in [1.807, 2.05) is 12.1 Å². The van der Waals surface area contributed by atoms with Gasteiger partial charge < -0.3 is 0 Å². The summed E-state index contributed by atoms with van der Waals surface area (Å²) in [5, 5.41) is 1.85. The summed E-state index contributed by atoms with van der Waals surface area (Å²) in [6.07, 6.45) is 5.36. The first-order valence-corrected chi connectivity index (χ1v) is 12.9. The van der Waals surface area contributed by atoms with Gasteiger partial charge in [0, 0.05) is 24.7 Å². The molecular weight excluding hydrogens is 452 g/mol. The van der Waals surface area contributed by atoms with Crippen LogP contribution in [0.2, 0.25) is 0 Å². The number of hydrazine groups is 1. The molecule has 2 aromatic carbocycles. The molecule has 4 rings (SSSR count). The molecule has 0 radical (unpaired) electrons. The molecule has 0 bridgehead atoms. The van der Waals surface area contributed by atoms with Crippen molar-refractivity contribution in [3.8, 4) is 0 Å². The summed E-state index contributed by atoms with van der Waals surface area (Å²) < 4.78 is 27.8. The number of hydrogen-bond acceptors (Lipinski definition) is 5. The highest BCUT2D eigenvalue weighted by Crippen LogP contribution is 2.28. The minimum atomic E-state index is -4.10. The van der Waals surface area contributed by atoms with E-state index in [9.17, 15) is 18.0 Å². The highest BCUT2D eigenvalue weighted by atomic mass is 32.2. The lowest BCUT2D eigenvalue weighted by atomic mass is 10.1. The highest BCUT2D eigenvalue weighted by Gasteiger charge is 2.35. The van der Waals surface area contributed by atoms with Crippen molar-refractivity contribution in [1.29, 1.82) is 0 Å². The zero-order valence-corrected chi connectivity index (χ0v) is 19.9. The average Bonchev–Trinajstić information content (AvgIpc) is 3.39. The van der Waals surface area contributed by atoms with E-state index in [0.29, 0.717) is 11.1 Å². The summed E-state index contributed by atoms with van der Waals surface area (Å²) >= 11 is 0. The van der Waals surface area contributed by atoms with E-state index in [-0.39, 0.29) is 23.9 Å². The van der Waals surface area contributed by atoms with E-state index in [2.05, 4.69) is 10.4 Å². The maximum atomic E-state index is 13.6. The van der Waals surface area contributed by atoms with Crippen LogP contribution in [0.1, 0.15) is 43.0 Å². The van der Waals surface area contributed by atoms with Gasteiger partial charge in [-0.2, -0.15) is 0 Å². The van der Waals surface area contributed by atoms with E-state index < -0.39 is 22.0 Å². The van der Waals surface area contributed by atoms with Gasteiger partial charge in [0.25, 0.3) is 15.9 Å². The van der Waals surface area contributed by atoms with Gasteiger partial charge in [-0.25, -0.2) is 22.5 Å². The summed E-state index contributed by atoms with van der Waals surface area (Å²) in [6, 6.07) is 16.0. The number of carbonyl (C=O) groups excluding carboxylic acids is 2. The van der Waals surface area contributed by atoms with Crippen LogP contribution in [-0.2, 0) is 10.0 Å². The smallest absolute Gasteiger partial charge is 0.267 e. The lowest BCUT2D eigenvalue weighted by Gasteiger charge is -2.31. The van der Waals surface area contributed by atoms with Gasteiger partial charge in [-0.05, 0) is 49.9 Å². The highest BCUT2D eigenvalue weighted by molar-refractivity contribution is 7.89. The SMILES string of the molecule is CCN(NC(=O)c1cccc2cccnc12)C(=O)N(CC1CCCC1)S(=O)(=O)c1ccccc1. The third-order valence-electron chi connectivity index (χ3n) is 6.10. The second-order valence-corrected chi connectivity index (χ2v) is 10.2. The lowest BCUT2D eigenvalue weighted by Crippen LogP contribution is -2.54. The summed E-state index contributed by atoms with van der Waals surface area (Å²) in [7, 11) is -4.10. The predicted molar refractivity (Wildman–Crippen MR) is 129 cm³/mol. The molecule has 8 nitrogen and oxygen atoms in total. The summed E-state index contributed by atoms with van der Waals surface area (Å²) in [5.41, 5.74) is 3.41. The van der Waals surface area contributed by atoms with Crippen molar-refractivity contribution in [2.75, 3.05) is 13.1 Å². The van der Waals surface area contributed by atoms with Crippen LogP contribution >= 0.6 is 0 Å². The van der Waals surface area contributed by atoms with Crippen molar-refractivity contribution in [1.82, 2.24) is 19.7 Å². The van der Waals surface area contributed by atoms with Gasteiger partial charge >= 0.3 is 6.03 Å². The zero-order chi connectivity index (χ0) is 24.1. The van der Waals surface area contributed by atoms with E-state index in [1.165, 1.54) is 12.1 Å². The summed E-state index contributed by atoms with van der Waals surface area (Å²) in [4.78, 5) is 31.0. The Bertz CT molecular complexity index is 1270. The largest absolute Gasteiger partial charge is 0.352 e. The lowest BCUT2D eigenvalue weighted by molar-refractivity contribution is 0.0812. The number of nitrogens with zero attached hydrogens (tertiary/aromatic N) is 3. The van der Waals surface area contributed by atoms with E-state index >= 15 is 0 Å². The normalized spacial score (nSPS) is 14.1. The fraction of sp³-hybridized carbons (Fsp3) is 0.320. The first-order valence-electron chi connectivity index (χ1n) is 11.5. The molecule has 3 aromatic rings. The van der Waals surface area contributed by atoms with Crippen LogP contribution in [0.5, 0.6) is 0 Å². The van der Waals surface area contributed by atoms with Crippen molar-refractivity contribution in [2.24, 2.45) is 5.92 Å². The fourth-order valence-corrected chi connectivity index (χ4v) is 5.76. The maximum Gasteiger partial charge on any atom is 0.352 e. The van der Waals surface area contributed by atoms with Crippen molar-refractivity contribution >= 4 is 32.9 Å². The minimum Gasteiger partial charge on any atom is -0.267 e. The maximum absolute atomic E-state index is 13.6. The molecule has 178 valence electrons.